The van der Waals surface area contributed by atoms with Crippen molar-refractivity contribution in [3.8, 4) is 11.5 Å². The zero-order valence-corrected chi connectivity index (χ0v) is 16.3. The molecule has 0 spiro atoms. The molecule has 0 saturated heterocycles. The Morgan fingerprint density at radius 3 is 2.16 bits per heavy atom. The van der Waals surface area contributed by atoms with Gasteiger partial charge in [-0.15, -0.1) is 0 Å². The number of hydrogen-bond acceptors (Lipinski definition) is 4. The van der Waals surface area contributed by atoms with Gasteiger partial charge in [0.15, 0.2) is 11.5 Å². The first-order chi connectivity index (χ1) is 14.7. The third-order valence-corrected chi connectivity index (χ3v) is 4.25. The lowest BCUT2D eigenvalue weighted by Gasteiger charge is -2.10. The number of hydrogen-bond donors (Lipinski definition) is 0. The van der Waals surface area contributed by atoms with Crippen LogP contribution in [0.2, 0.25) is 0 Å². The van der Waals surface area contributed by atoms with E-state index in [1.54, 1.807) is 43.3 Å². The lowest BCUT2D eigenvalue weighted by Crippen LogP contribution is -2.12. The molecule has 4 nitrogen and oxygen atoms in total. The summed E-state index contributed by atoms with van der Waals surface area (Å²) in [5, 5.41) is 0. The molecule has 0 unspecified atom stereocenters. The van der Waals surface area contributed by atoms with Crippen LogP contribution in [0.15, 0.2) is 78.9 Å². The highest BCUT2D eigenvalue weighted by Gasteiger charge is 2.30. The molecular weight excluding hydrogens is 409 g/mol. The Labute approximate surface area is 176 Å². The van der Waals surface area contributed by atoms with Gasteiger partial charge in [0.2, 0.25) is 0 Å². The van der Waals surface area contributed by atoms with Crippen molar-refractivity contribution in [2.75, 3.05) is 0 Å². The maximum Gasteiger partial charge on any atom is 0.416 e. The van der Waals surface area contributed by atoms with Gasteiger partial charge in [-0.05, 0) is 54.5 Å². The minimum atomic E-state index is -4.48. The van der Waals surface area contributed by atoms with Crippen molar-refractivity contribution in [1.29, 1.82) is 0 Å². The molecule has 3 rings (SSSR count). The molecule has 0 N–H and O–H groups in total. The Kier molecular flexibility index (Phi) is 6.55. The molecule has 0 bridgehead atoms. The molecule has 0 fully saturated rings. The van der Waals surface area contributed by atoms with E-state index in [9.17, 15) is 22.8 Å². The topological polar surface area (TPSA) is 52.6 Å². The van der Waals surface area contributed by atoms with Crippen molar-refractivity contribution in [1.82, 2.24) is 0 Å². The number of esters is 2. The molecule has 0 heterocycles. The first kappa shape index (κ1) is 21.8. The molecule has 0 amide bonds. The Balaban J connectivity index is 1.72. The Bertz CT molecular complexity index is 1130. The number of carbonyl (C=O) groups is 2. The third kappa shape index (κ3) is 5.82. The molecule has 0 aliphatic heterocycles. The maximum atomic E-state index is 12.8. The van der Waals surface area contributed by atoms with Crippen LogP contribution in [0.3, 0.4) is 0 Å². The van der Waals surface area contributed by atoms with Crippen molar-refractivity contribution in [2.45, 2.75) is 13.1 Å². The quantitative estimate of drug-likeness (QED) is 0.292. The predicted molar refractivity (Wildman–Crippen MR) is 109 cm³/mol. The Hall–Kier alpha value is -3.87. The maximum absolute atomic E-state index is 12.8. The highest BCUT2D eigenvalue weighted by atomic mass is 19.4. The Morgan fingerprint density at radius 2 is 1.48 bits per heavy atom. The van der Waals surface area contributed by atoms with E-state index in [1.165, 1.54) is 30.3 Å². The highest BCUT2D eigenvalue weighted by Crippen LogP contribution is 2.30. The van der Waals surface area contributed by atoms with E-state index in [1.807, 2.05) is 0 Å². The van der Waals surface area contributed by atoms with Crippen molar-refractivity contribution in [2.24, 2.45) is 0 Å². The molecule has 158 valence electrons. The standard InChI is InChI=1S/C24H17F3O4/c1-16-7-2-3-10-19(16)23(29)31-21-12-5-4-11-20(21)30-22(28)14-13-17-8-6-9-18(15-17)24(25,26)27/h2-15H,1H3/b14-13+. The van der Waals surface area contributed by atoms with Gasteiger partial charge in [0.05, 0.1) is 11.1 Å². The molecule has 0 atom stereocenters. The van der Waals surface area contributed by atoms with Gasteiger partial charge in [-0.2, -0.15) is 13.2 Å². The van der Waals surface area contributed by atoms with Gasteiger partial charge in [0, 0.05) is 6.08 Å². The van der Waals surface area contributed by atoms with Gasteiger partial charge < -0.3 is 9.47 Å². The number of benzene rings is 3. The second-order valence-electron chi connectivity index (χ2n) is 6.53. The van der Waals surface area contributed by atoms with Crippen molar-refractivity contribution in [3.05, 3.63) is 101 Å². The fourth-order valence-electron chi connectivity index (χ4n) is 2.70. The predicted octanol–water partition coefficient (Wildman–Crippen LogP) is 5.85. The minimum absolute atomic E-state index is 0.00289. The zero-order chi connectivity index (χ0) is 22.4. The van der Waals surface area contributed by atoms with E-state index in [0.717, 1.165) is 23.8 Å². The Morgan fingerprint density at radius 1 is 0.839 bits per heavy atom. The summed E-state index contributed by atoms with van der Waals surface area (Å²) in [7, 11) is 0. The first-order valence-electron chi connectivity index (χ1n) is 9.18. The molecule has 3 aromatic carbocycles. The summed E-state index contributed by atoms with van der Waals surface area (Å²) in [5.41, 5.74) is 0.460. The van der Waals surface area contributed by atoms with E-state index in [4.69, 9.17) is 9.47 Å². The van der Waals surface area contributed by atoms with Gasteiger partial charge >= 0.3 is 18.1 Å². The number of para-hydroxylation sites is 2. The largest absolute Gasteiger partial charge is 0.419 e. The number of alkyl halides is 3. The van der Waals surface area contributed by atoms with Gasteiger partial charge in [-0.1, -0.05) is 42.5 Å². The molecule has 31 heavy (non-hydrogen) atoms. The van der Waals surface area contributed by atoms with Crippen LogP contribution >= 0.6 is 0 Å². The van der Waals surface area contributed by atoms with E-state index in [-0.39, 0.29) is 17.1 Å². The van der Waals surface area contributed by atoms with Gasteiger partial charge in [-0.25, -0.2) is 9.59 Å². The van der Waals surface area contributed by atoms with Gasteiger partial charge in [0.25, 0.3) is 0 Å². The molecule has 0 aliphatic rings. The smallest absolute Gasteiger partial charge is 0.416 e. The summed E-state index contributed by atoms with van der Waals surface area (Å²) in [6.07, 6.45) is -2.28. The number of ether oxygens (including phenoxy) is 2. The van der Waals surface area contributed by atoms with E-state index in [2.05, 4.69) is 0 Å². The lowest BCUT2D eigenvalue weighted by molar-refractivity contribution is -0.137. The van der Waals surface area contributed by atoms with Crippen LogP contribution in [-0.4, -0.2) is 11.9 Å². The summed E-state index contributed by atoms with van der Waals surface area (Å²) in [6, 6.07) is 17.5. The average molecular weight is 426 g/mol. The number of carbonyl (C=O) groups excluding carboxylic acids is 2. The van der Waals surface area contributed by atoms with Crippen LogP contribution in [0.4, 0.5) is 13.2 Å². The fraction of sp³-hybridized carbons (Fsp3) is 0.0833. The van der Waals surface area contributed by atoms with Crippen LogP contribution in [0.1, 0.15) is 27.0 Å². The fourth-order valence-corrected chi connectivity index (χ4v) is 2.70. The van der Waals surface area contributed by atoms with Crippen LogP contribution in [-0.2, 0) is 11.0 Å². The minimum Gasteiger partial charge on any atom is -0.419 e. The molecular formula is C24H17F3O4. The molecule has 7 heteroatoms. The summed E-state index contributed by atoms with van der Waals surface area (Å²) >= 11 is 0. The second kappa shape index (κ2) is 9.30. The number of rotatable bonds is 5. The third-order valence-electron chi connectivity index (χ3n) is 4.25. The van der Waals surface area contributed by atoms with Gasteiger partial charge in [-0.3, -0.25) is 0 Å². The molecule has 0 saturated carbocycles. The summed E-state index contributed by atoms with van der Waals surface area (Å²) in [5.74, 6) is -1.40. The van der Waals surface area contributed by atoms with Crippen molar-refractivity contribution in [3.63, 3.8) is 0 Å². The van der Waals surface area contributed by atoms with Crippen LogP contribution in [0, 0.1) is 6.92 Å². The molecule has 0 radical (unpaired) electrons. The highest BCUT2D eigenvalue weighted by molar-refractivity contribution is 5.93. The SMILES string of the molecule is Cc1ccccc1C(=O)Oc1ccccc1OC(=O)/C=C/c1cccc(C(F)(F)F)c1. The van der Waals surface area contributed by atoms with Crippen molar-refractivity contribution < 1.29 is 32.2 Å². The van der Waals surface area contributed by atoms with Gasteiger partial charge in [0.1, 0.15) is 0 Å². The molecule has 0 aliphatic carbocycles. The van der Waals surface area contributed by atoms with E-state index in [0.29, 0.717) is 5.56 Å². The zero-order valence-electron chi connectivity index (χ0n) is 16.3. The van der Waals surface area contributed by atoms with Crippen LogP contribution in [0.25, 0.3) is 6.08 Å². The number of halogens is 3. The van der Waals surface area contributed by atoms with Crippen molar-refractivity contribution >= 4 is 18.0 Å². The van der Waals surface area contributed by atoms with Crippen LogP contribution < -0.4 is 9.47 Å². The summed E-state index contributed by atoms with van der Waals surface area (Å²) < 4.78 is 49.0. The van der Waals surface area contributed by atoms with Crippen LogP contribution in [0.5, 0.6) is 11.5 Å². The first-order valence-corrected chi connectivity index (χ1v) is 9.18. The summed E-state index contributed by atoms with van der Waals surface area (Å²) in [6.45, 7) is 1.76. The molecule has 3 aromatic rings. The van der Waals surface area contributed by atoms with E-state index < -0.39 is 23.7 Å². The average Bonchev–Trinajstić information content (AvgIpc) is 2.73. The second-order valence-corrected chi connectivity index (χ2v) is 6.53. The summed E-state index contributed by atoms with van der Waals surface area (Å²) in [4.78, 5) is 24.6. The molecule has 0 aromatic heterocycles. The normalized spacial score (nSPS) is 11.4. The number of aryl methyl sites for hydroxylation is 1. The monoisotopic (exact) mass is 426 g/mol. The lowest BCUT2D eigenvalue weighted by atomic mass is 10.1. The van der Waals surface area contributed by atoms with E-state index >= 15 is 0 Å².